The number of hydrogen-bond acceptors (Lipinski definition) is 2. The van der Waals surface area contributed by atoms with Crippen LogP contribution in [0.1, 0.15) is 34.5 Å². The molecule has 2 N–H and O–H groups in total. The molecule has 0 saturated heterocycles. The van der Waals surface area contributed by atoms with E-state index in [2.05, 4.69) is 0 Å². The largest absolute Gasteiger partial charge is 0.388 e. The van der Waals surface area contributed by atoms with Crippen LogP contribution in [0.3, 0.4) is 0 Å². The third kappa shape index (κ3) is 0.625. The van der Waals surface area contributed by atoms with Gasteiger partial charge in [0.1, 0.15) is 0 Å². The van der Waals surface area contributed by atoms with Gasteiger partial charge in [-0.25, -0.2) is 0 Å². The first-order chi connectivity index (χ1) is 5.75. The molecule has 0 aromatic heterocycles. The summed E-state index contributed by atoms with van der Waals surface area (Å²) in [5.41, 5.74) is 4.56. The normalized spacial score (nSPS) is 29.8. The van der Waals surface area contributed by atoms with Crippen LogP contribution in [0.5, 0.6) is 0 Å². The van der Waals surface area contributed by atoms with Crippen LogP contribution in [-0.2, 0) is 12.8 Å². The van der Waals surface area contributed by atoms with Gasteiger partial charge in [0.15, 0.2) is 0 Å². The topological polar surface area (TPSA) is 40.5 Å². The van der Waals surface area contributed by atoms with E-state index in [1.807, 2.05) is 12.1 Å². The minimum Gasteiger partial charge on any atom is -0.388 e. The van der Waals surface area contributed by atoms with Crippen LogP contribution in [0.25, 0.3) is 0 Å². The lowest BCUT2D eigenvalue weighted by Crippen LogP contribution is -2.23. The van der Waals surface area contributed by atoms with E-state index in [1.165, 1.54) is 11.1 Å². The van der Waals surface area contributed by atoms with Crippen LogP contribution in [0.15, 0.2) is 12.1 Å². The molecule has 1 aromatic rings. The van der Waals surface area contributed by atoms with Gasteiger partial charge in [0.2, 0.25) is 0 Å². The molecule has 0 bridgehead atoms. The summed E-state index contributed by atoms with van der Waals surface area (Å²) in [6.45, 7) is 0. The Hall–Kier alpha value is -0.860. The van der Waals surface area contributed by atoms with E-state index in [0.717, 1.165) is 24.0 Å². The third-order valence-electron chi connectivity index (χ3n) is 2.95. The zero-order valence-electron chi connectivity index (χ0n) is 6.62. The van der Waals surface area contributed by atoms with Crippen molar-refractivity contribution in [2.75, 3.05) is 0 Å². The molecular formula is C10H10O2. The highest BCUT2D eigenvalue weighted by molar-refractivity contribution is 5.50. The molecule has 2 atom stereocenters. The lowest BCUT2D eigenvalue weighted by atomic mass is 9.75. The summed E-state index contributed by atoms with van der Waals surface area (Å²) in [7, 11) is 0. The van der Waals surface area contributed by atoms with Crippen LogP contribution < -0.4 is 0 Å². The Morgan fingerprint density at radius 1 is 0.917 bits per heavy atom. The molecule has 3 rings (SSSR count). The summed E-state index contributed by atoms with van der Waals surface area (Å²) in [4.78, 5) is 0. The van der Waals surface area contributed by atoms with Gasteiger partial charge in [0.05, 0.1) is 12.2 Å². The molecule has 0 spiro atoms. The molecule has 2 nitrogen and oxygen atoms in total. The van der Waals surface area contributed by atoms with Gasteiger partial charge in [-0.2, -0.15) is 0 Å². The number of benzene rings is 1. The van der Waals surface area contributed by atoms with Crippen molar-refractivity contribution in [3.05, 3.63) is 34.4 Å². The Bertz CT molecular complexity index is 321. The predicted molar refractivity (Wildman–Crippen MR) is 43.8 cm³/mol. The Balaban J connectivity index is 2.15. The van der Waals surface area contributed by atoms with E-state index in [9.17, 15) is 10.2 Å². The molecule has 0 amide bonds. The van der Waals surface area contributed by atoms with E-state index in [0.29, 0.717) is 0 Å². The van der Waals surface area contributed by atoms with Crippen molar-refractivity contribution >= 4 is 0 Å². The Kier molecular flexibility index (Phi) is 1.05. The summed E-state index contributed by atoms with van der Waals surface area (Å²) in [6.07, 6.45) is 1.02. The quantitative estimate of drug-likeness (QED) is 0.594. The average Bonchev–Trinajstić information content (AvgIpc) is 2.04. The minimum atomic E-state index is -0.247. The molecule has 2 heteroatoms. The Morgan fingerprint density at radius 2 is 1.33 bits per heavy atom. The van der Waals surface area contributed by atoms with Crippen LogP contribution in [-0.4, -0.2) is 10.2 Å². The maximum Gasteiger partial charge on any atom is 0.0833 e. The van der Waals surface area contributed by atoms with E-state index < -0.39 is 0 Å². The SMILES string of the molecule is OC1Cc2cc3c(cc21)CC3O. The number of fused-ring (bicyclic) bond motifs is 2. The van der Waals surface area contributed by atoms with Crippen molar-refractivity contribution in [2.45, 2.75) is 25.0 Å². The van der Waals surface area contributed by atoms with Gasteiger partial charge >= 0.3 is 0 Å². The van der Waals surface area contributed by atoms with E-state index in [-0.39, 0.29) is 12.2 Å². The highest BCUT2D eigenvalue weighted by atomic mass is 16.3. The monoisotopic (exact) mass is 162 g/mol. The van der Waals surface area contributed by atoms with E-state index >= 15 is 0 Å². The van der Waals surface area contributed by atoms with E-state index in [4.69, 9.17) is 0 Å². The van der Waals surface area contributed by atoms with Gasteiger partial charge in [0.25, 0.3) is 0 Å². The zero-order valence-corrected chi connectivity index (χ0v) is 6.62. The zero-order chi connectivity index (χ0) is 8.29. The highest BCUT2D eigenvalue weighted by Crippen LogP contribution is 2.41. The van der Waals surface area contributed by atoms with Gasteiger partial charge < -0.3 is 10.2 Å². The first-order valence-electron chi connectivity index (χ1n) is 4.27. The number of aliphatic hydroxyl groups excluding tert-OH is 2. The van der Waals surface area contributed by atoms with Crippen LogP contribution in [0.2, 0.25) is 0 Å². The number of rotatable bonds is 0. The van der Waals surface area contributed by atoms with Crippen molar-refractivity contribution in [3.63, 3.8) is 0 Å². The standard InChI is InChI=1S/C10H10O2/c11-9-4-6-2-8-5(1-7(6)9)3-10(8)12/h1-2,9-12H,3-4H2. The van der Waals surface area contributed by atoms with Crippen molar-refractivity contribution in [1.29, 1.82) is 0 Å². The smallest absolute Gasteiger partial charge is 0.0833 e. The predicted octanol–water partition coefficient (Wildman–Crippen LogP) is 0.866. The van der Waals surface area contributed by atoms with Crippen LogP contribution >= 0.6 is 0 Å². The summed E-state index contributed by atoms with van der Waals surface area (Å²) in [6, 6.07) is 4.07. The second kappa shape index (κ2) is 1.90. The van der Waals surface area contributed by atoms with Crippen LogP contribution in [0.4, 0.5) is 0 Å². The maximum atomic E-state index is 9.34. The average molecular weight is 162 g/mol. The molecule has 62 valence electrons. The molecule has 2 unspecified atom stereocenters. The number of hydrogen-bond donors (Lipinski definition) is 2. The fourth-order valence-electron chi connectivity index (χ4n) is 2.08. The summed E-state index contributed by atoms with van der Waals surface area (Å²) in [5.74, 6) is 0. The highest BCUT2D eigenvalue weighted by Gasteiger charge is 2.31. The second-order valence-corrected chi connectivity index (χ2v) is 3.69. The molecular weight excluding hydrogens is 152 g/mol. The molecule has 1 aromatic carbocycles. The van der Waals surface area contributed by atoms with Gasteiger partial charge in [-0.15, -0.1) is 0 Å². The fraction of sp³-hybridized carbons (Fsp3) is 0.400. The molecule has 12 heavy (non-hydrogen) atoms. The molecule has 0 fully saturated rings. The maximum absolute atomic E-state index is 9.34. The molecule has 2 aliphatic rings. The van der Waals surface area contributed by atoms with Gasteiger partial charge in [0, 0.05) is 12.8 Å². The number of aliphatic hydroxyl groups is 2. The molecule has 2 aliphatic carbocycles. The second-order valence-electron chi connectivity index (χ2n) is 3.69. The van der Waals surface area contributed by atoms with Gasteiger partial charge in [-0.05, 0) is 22.3 Å². The third-order valence-corrected chi connectivity index (χ3v) is 2.95. The Morgan fingerprint density at radius 3 is 1.67 bits per heavy atom. The Labute approximate surface area is 70.5 Å². The van der Waals surface area contributed by atoms with Crippen molar-refractivity contribution < 1.29 is 10.2 Å². The molecule has 0 saturated carbocycles. The minimum absolute atomic E-state index is 0.247. The molecule has 0 radical (unpaired) electrons. The van der Waals surface area contributed by atoms with Gasteiger partial charge in [-0.1, -0.05) is 12.1 Å². The molecule has 0 heterocycles. The lowest BCUT2D eigenvalue weighted by molar-refractivity contribution is 0.141. The lowest BCUT2D eigenvalue weighted by Gasteiger charge is -2.33. The van der Waals surface area contributed by atoms with E-state index in [1.54, 1.807) is 0 Å². The van der Waals surface area contributed by atoms with Crippen LogP contribution in [0, 0.1) is 0 Å². The van der Waals surface area contributed by atoms with Crippen molar-refractivity contribution in [3.8, 4) is 0 Å². The first kappa shape index (κ1) is 6.63. The summed E-state index contributed by atoms with van der Waals surface area (Å²) >= 11 is 0. The van der Waals surface area contributed by atoms with Crippen molar-refractivity contribution in [2.24, 2.45) is 0 Å². The summed E-state index contributed by atoms with van der Waals surface area (Å²) in [5, 5.41) is 18.7. The summed E-state index contributed by atoms with van der Waals surface area (Å²) < 4.78 is 0. The first-order valence-corrected chi connectivity index (χ1v) is 4.27. The molecule has 0 aliphatic heterocycles. The van der Waals surface area contributed by atoms with Crippen molar-refractivity contribution in [1.82, 2.24) is 0 Å². The fourth-order valence-corrected chi connectivity index (χ4v) is 2.08. The van der Waals surface area contributed by atoms with Gasteiger partial charge in [-0.3, -0.25) is 0 Å².